The molecule has 0 spiro atoms. The number of rotatable bonds is 4. The SMILES string of the molecule is Cn1cc(-c2nc(C3(c4ccc(-c5ccc(N)nn5)cc4)CCC3)no2)cn1. The number of benzene rings is 1. The van der Waals surface area contributed by atoms with E-state index in [0.29, 0.717) is 11.7 Å². The monoisotopic (exact) mass is 373 g/mol. The highest BCUT2D eigenvalue weighted by Crippen LogP contribution is 2.48. The minimum Gasteiger partial charge on any atom is -0.382 e. The van der Waals surface area contributed by atoms with E-state index in [1.807, 2.05) is 19.3 Å². The number of hydrogen-bond donors (Lipinski definition) is 1. The molecule has 0 bridgehead atoms. The fourth-order valence-corrected chi connectivity index (χ4v) is 3.70. The molecule has 0 unspecified atom stereocenters. The summed E-state index contributed by atoms with van der Waals surface area (Å²) in [6.07, 6.45) is 6.74. The summed E-state index contributed by atoms with van der Waals surface area (Å²) in [5, 5.41) is 16.5. The van der Waals surface area contributed by atoms with Crippen LogP contribution in [-0.2, 0) is 12.5 Å². The van der Waals surface area contributed by atoms with Crippen LogP contribution < -0.4 is 5.73 Å². The van der Waals surface area contributed by atoms with Crippen molar-refractivity contribution in [1.29, 1.82) is 0 Å². The number of hydrogen-bond acceptors (Lipinski definition) is 7. The van der Waals surface area contributed by atoms with Crippen LogP contribution in [0.2, 0.25) is 0 Å². The minimum absolute atomic E-state index is 0.199. The molecular formula is C20H19N7O. The Morgan fingerprint density at radius 2 is 1.86 bits per heavy atom. The topological polar surface area (TPSA) is 109 Å². The Balaban J connectivity index is 1.47. The molecule has 1 aliphatic rings. The highest BCUT2D eigenvalue weighted by Gasteiger charge is 2.44. The number of aryl methyl sites for hydroxylation is 1. The van der Waals surface area contributed by atoms with E-state index in [-0.39, 0.29) is 5.41 Å². The summed E-state index contributed by atoms with van der Waals surface area (Å²) < 4.78 is 7.25. The lowest BCUT2D eigenvalue weighted by Crippen LogP contribution is -2.36. The lowest BCUT2D eigenvalue weighted by atomic mass is 9.64. The maximum atomic E-state index is 5.62. The molecule has 8 heteroatoms. The van der Waals surface area contributed by atoms with Gasteiger partial charge in [0.15, 0.2) is 5.82 Å². The fourth-order valence-electron chi connectivity index (χ4n) is 3.70. The Labute approximate surface area is 161 Å². The smallest absolute Gasteiger partial charge is 0.261 e. The predicted molar refractivity (Wildman–Crippen MR) is 103 cm³/mol. The molecule has 4 aromatic rings. The van der Waals surface area contributed by atoms with Gasteiger partial charge in [0, 0.05) is 18.8 Å². The first-order valence-electron chi connectivity index (χ1n) is 9.17. The molecule has 0 amide bonds. The van der Waals surface area contributed by atoms with E-state index in [2.05, 4.69) is 49.7 Å². The third-order valence-electron chi connectivity index (χ3n) is 5.43. The summed E-state index contributed by atoms with van der Waals surface area (Å²) in [6.45, 7) is 0. The van der Waals surface area contributed by atoms with Gasteiger partial charge in [0.2, 0.25) is 0 Å². The second-order valence-electron chi connectivity index (χ2n) is 7.18. The van der Waals surface area contributed by atoms with Crippen LogP contribution in [0, 0.1) is 0 Å². The lowest BCUT2D eigenvalue weighted by molar-refractivity contribution is 0.273. The predicted octanol–water partition coefficient (Wildman–Crippen LogP) is 2.98. The normalized spacial score (nSPS) is 15.3. The van der Waals surface area contributed by atoms with Gasteiger partial charge in [-0.25, -0.2) is 0 Å². The zero-order chi connectivity index (χ0) is 19.1. The highest BCUT2D eigenvalue weighted by molar-refractivity contribution is 5.60. The molecule has 8 nitrogen and oxygen atoms in total. The molecule has 0 saturated heterocycles. The molecule has 1 fully saturated rings. The second-order valence-corrected chi connectivity index (χ2v) is 7.18. The average Bonchev–Trinajstić information content (AvgIpc) is 3.32. The van der Waals surface area contributed by atoms with Crippen molar-refractivity contribution < 1.29 is 4.52 Å². The van der Waals surface area contributed by atoms with E-state index >= 15 is 0 Å². The number of anilines is 1. The van der Waals surface area contributed by atoms with Crippen molar-refractivity contribution in [2.45, 2.75) is 24.7 Å². The maximum absolute atomic E-state index is 5.62. The summed E-state index contributed by atoms with van der Waals surface area (Å²) >= 11 is 0. The summed E-state index contributed by atoms with van der Waals surface area (Å²) in [4.78, 5) is 4.69. The van der Waals surface area contributed by atoms with Crippen LogP contribution in [0.3, 0.4) is 0 Å². The summed E-state index contributed by atoms with van der Waals surface area (Å²) in [6, 6.07) is 12.0. The molecule has 1 aliphatic carbocycles. The molecule has 3 heterocycles. The maximum Gasteiger partial charge on any atom is 0.261 e. The van der Waals surface area contributed by atoms with Crippen LogP contribution >= 0.6 is 0 Å². The van der Waals surface area contributed by atoms with E-state index < -0.39 is 0 Å². The number of nitrogen functional groups attached to an aromatic ring is 1. The van der Waals surface area contributed by atoms with E-state index in [1.54, 1.807) is 16.9 Å². The van der Waals surface area contributed by atoms with Crippen LogP contribution in [0.5, 0.6) is 0 Å². The van der Waals surface area contributed by atoms with Crippen molar-refractivity contribution in [3.05, 3.63) is 60.2 Å². The Morgan fingerprint density at radius 1 is 1.04 bits per heavy atom. The third kappa shape index (κ3) is 2.65. The second kappa shape index (κ2) is 6.26. The van der Waals surface area contributed by atoms with Crippen molar-refractivity contribution in [3.63, 3.8) is 0 Å². The van der Waals surface area contributed by atoms with Gasteiger partial charge in [-0.3, -0.25) is 4.68 Å². The van der Waals surface area contributed by atoms with Crippen molar-refractivity contribution in [2.75, 3.05) is 5.73 Å². The largest absolute Gasteiger partial charge is 0.382 e. The molecule has 2 N–H and O–H groups in total. The first-order chi connectivity index (χ1) is 13.6. The molecule has 0 radical (unpaired) electrons. The molecule has 1 saturated carbocycles. The Kier molecular flexibility index (Phi) is 3.71. The molecular weight excluding hydrogens is 354 g/mol. The van der Waals surface area contributed by atoms with E-state index in [9.17, 15) is 0 Å². The third-order valence-corrected chi connectivity index (χ3v) is 5.43. The zero-order valence-electron chi connectivity index (χ0n) is 15.4. The molecule has 28 heavy (non-hydrogen) atoms. The van der Waals surface area contributed by atoms with Gasteiger partial charge in [-0.15, -0.1) is 10.2 Å². The van der Waals surface area contributed by atoms with Crippen LogP contribution in [0.1, 0.15) is 30.7 Å². The van der Waals surface area contributed by atoms with Gasteiger partial charge in [-0.1, -0.05) is 35.8 Å². The summed E-state index contributed by atoms with van der Waals surface area (Å²) in [5.74, 6) is 1.65. The molecule has 5 rings (SSSR count). The number of aromatic nitrogens is 6. The molecule has 0 atom stereocenters. The van der Waals surface area contributed by atoms with Gasteiger partial charge >= 0.3 is 0 Å². The van der Waals surface area contributed by atoms with E-state index in [4.69, 9.17) is 10.3 Å². The van der Waals surface area contributed by atoms with Crippen molar-refractivity contribution in [1.82, 2.24) is 30.1 Å². The van der Waals surface area contributed by atoms with Crippen LogP contribution in [0.4, 0.5) is 5.82 Å². The van der Waals surface area contributed by atoms with E-state index in [0.717, 1.165) is 41.9 Å². The van der Waals surface area contributed by atoms with Crippen molar-refractivity contribution in [3.8, 4) is 22.7 Å². The Hall–Kier alpha value is -3.55. The van der Waals surface area contributed by atoms with Crippen molar-refractivity contribution >= 4 is 5.82 Å². The standard InChI is InChI=1S/C20H19N7O/c1-27-12-14(11-22-27)18-23-19(26-28-18)20(9-2-10-20)15-5-3-13(4-6-15)16-7-8-17(21)25-24-16/h3-8,11-12H,2,9-10H2,1H3,(H2,21,25). The first-order valence-corrected chi connectivity index (χ1v) is 9.17. The quantitative estimate of drug-likeness (QED) is 0.586. The van der Waals surface area contributed by atoms with Gasteiger partial charge in [0.25, 0.3) is 5.89 Å². The minimum atomic E-state index is -0.199. The molecule has 0 aliphatic heterocycles. The number of nitrogens with zero attached hydrogens (tertiary/aromatic N) is 6. The molecule has 140 valence electrons. The lowest BCUT2D eigenvalue weighted by Gasteiger charge is -2.39. The van der Waals surface area contributed by atoms with Crippen LogP contribution in [0.25, 0.3) is 22.7 Å². The Bertz CT molecular complexity index is 1110. The Morgan fingerprint density at radius 3 is 2.46 bits per heavy atom. The van der Waals surface area contributed by atoms with Gasteiger partial charge in [0.1, 0.15) is 5.82 Å². The fraction of sp³-hybridized carbons (Fsp3) is 0.250. The zero-order valence-corrected chi connectivity index (χ0v) is 15.4. The van der Waals surface area contributed by atoms with Gasteiger partial charge in [0.05, 0.1) is 22.9 Å². The van der Waals surface area contributed by atoms with Gasteiger partial charge in [-0.05, 0) is 30.5 Å². The van der Waals surface area contributed by atoms with Gasteiger partial charge < -0.3 is 10.3 Å². The molecule has 3 aromatic heterocycles. The van der Waals surface area contributed by atoms with Gasteiger partial charge in [-0.2, -0.15) is 10.1 Å². The van der Waals surface area contributed by atoms with Crippen molar-refractivity contribution in [2.24, 2.45) is 7.05 Å². The molecule has 1 aromatic carbocycles. The number of nitrogens with two attached hydrogens (primary N) is 1. The summed E-state index contributed by atoms with van der Waals surface area (Å²) in [5.41, 5.74) is 9.22. The highest BCUT2D eigenvalue weighted by atomic mass is 16.5. The summed E-state index contributed by atoms with van der Waals surface area (Å²) in [7, 11) is 1.86. The van der Waals surface area contributed by atoms with Crippen LogP contribution in [0.15, 0.2) is 53.3 Å². The average molecular weight is 373 g/mol. The van der Waals surface area contributed by atoms with Crippen LogP contribution in [-0.4, -0.2) is 30.1 Å². The van der Waals surface area contributed by atoms with E-state index in [1.165, 1.54) is 5.56 Å². The first kappa shape index (κ1) is 16.6.